The van der Waals surface area contributed by atoms with Crippen LogP contribution in [0.4, 0.5) is 0 Å². The molecule has 3 unspecified atom stereocenters. The van der Waals surface area contributed by atoms with Crippen molar-refractivity contribution >= 4 is 22.9 Å². The molecule has 0 saturated carbocycles. The van der Waals surface area contributed by atoms with Crippen LogP contribution in [0.25, 0.3) is 0 Å². The summed E-state index contributed by atoms with van der Waals surface area (Å²) in [5, 5.41) is 0. The van der Waals surface area contributed by atoms with Gasteiger partial charge in [0.2, 0.25) is 0 Å². The third kappa shape index (κ3) is 2.76. The van der Waals surface area contributed by atoms with E-state index in [-0.39, 0.29) is 0 Å². The van der Waals surface area contributed by atoms with Gasteiger partial charge in [-0.1, -0.05) is 25.4 Å². The summed E-state index contributed by atoms with van der Waals surface area (Å²) in [6, 6.07) is 0.664. The summed E-state index contributed by atoms with van der Waals surface area (Å²) < 4.78 is 0.653. The summed E-state index contributed by atoms with van der Waals surface area (Å²) in [7, 11) is 0. The third-order valence-corrected chi connectivity index (χ3v) is 4.70. The molecule has 0 spiro atoms. The van der Waals surface area contributed by atoms with Crippen LogP contribution in [0, 0.1) is 11.8 Å². The lowest BCUT2D eigenvalue weighted by Crippen LogP contribution is -2.44. The molecular weight excluding hydrogens is 240 g/mol. The molecule has 2 nitrogen and oxygen atoms in total. The quantitative estimate of drug-likeness (QED) is 0.805. The van der Waals surface area contributed by atoms with Crippen LogP contribution in [-0.4, -0.2) is 22.5 Å². The molecule has 1 aliphatic rings. The summed E-state index contributed by atoms with van der Waals surface area (Å²) in [6.07, 6.45) is 3.25. The lowest BCUT2D eigenvalue weighted by molar-refractivity contribution is 0.0738. The summed E-state index contributed by atoms with van der Waals surface area (Å²) >= 11 is 7.46. The first-order valence-corrected chi connectivity index (χ1v) is 7.10. The topological polar surface area (TPSA) is 16.1 Å². The van der Waals surface area contributed by atoms with Gasteiger partial charge >= 0.3 is 0 Å². The number of nitrogens with zero attached hydrogens (tertiary/aromatic N) is 2. The minimum Gasteiger partial charge on any atom is -0.295 e. The van der Waals surface area contributed by atoms with E-state index in [2.05, 4.69) is 30.7 Å². The van der Waals surface area contributed by atoms with Crippen LogP contribution in [0.3, 0.4) is 0 Å². The van der Waals surface area contributed by atoms with E-state index in [0.29, 0.717) is 10.5 Å². The van der Waals surface area contributed by atoms with E-state index in [1.165, 1.54) is 17.8 Å². The Morgan fingerprint density at radius 1 is 1.50 bits per heavy atom. The van der Waals surface area contributed by atoms with Crippen molar-refractivity contribution in [3.8, 4) is 0 Å². The van der Waals surface area contributed by atoms with Crippen molar-refractivity contribution in [2.75, 3.05) is 6.54 Å². The van der Waals surface area contributed by atoms with Crippen LogP contribution >= 0.6 is 22.9 Å². The fourth-order valence-corrected chi connectivity index (χ4v) is 3.60. The molecule has 0 amide bonds. The lowest BCUT2D eigenvalue weighted by Gasteiger charge is -2.40. The maximum absolute atomic E-state index is 5.86. The van der Waals surface area contributed by atoms with Gasteiger partial charge in [0.05, 0.1) is 0 Å². The van der Waals surface area contributed by atoms with Crippen molar-refractivity contribution in [1.82, 2.24) is 9.88 Å². The third-order valence-electron chi connectivity index (χ3n) is 3.60. The van der Waals surface area contributed by atoms with E-state index < -0.39 is 0 Å². The Labute approximate surface area is 107 Å². The molecule has 1 aromatic heterocycles. The van der Waals surface area contributed by atoms with Gasteiger partial charge in [0.15, 0.2) is 4.47 Å². The van der Waals surface area contributed by atoms with Crippen molar-refractivity contribution in [2.24, 2.45) is 11.8 Å². The zero-order valence-corrected chi connectivity index (χ0v) is 11.7. The van der Waals surface area contributed by atoms with Crippen LogP contribution < -0.4 is 0 Å². The van der Waals surface area contributed by atoms with Crippen molar-refractivity contribution in [1.29, 1.82) is 0 Å². The van der Waals surface area contributed by atoms with E-state index in [1.54, 1.807) is 11.3 Å². The van der Waals surface area contributed by atoms with Gasteiger partial charge in [-0.25, -0.2) is 4.98 Å². The summed E-state index contributed by atoms with van der Waals surface area (Å²) in [5.41, 5.74) is 0. The molecule has 90 valence electrons. The predicted octanol–water partition coefficient (Wildman–Crippen LogP) is 3.66. The molecule has 0 bridgehead atoms. The van der Waals surface area contributed by atoms with E-state index >= 15 is 0 Å². The van der Waals surface area contributed by atoms with Gasteiger partial charge in [-0.3, -0.25) is 4.90 Å². The number of rotatable bonds is 2. The largest absolute Gasteiger partial charge is 0.295 e. The maximum Gasteiger partial charge on any atom is 0.183 e. The molecule has 3 atom stereocenters. The van der Waals surface area contributed by atoms with Crippen molar-refractivity contribution in [2.45, 2.75) is 39.8 Å². The summed E-state index contributed by atoms with van der Waals surface area (Å²) in [6.45, 7) is 9.22. The molecule has 16 heavy (non-hydrogen) atoms. The SMILES string of the molecule is CC1CC(C)C(C)N(Cc2cnc(Cl)s2)C1. The maximum atomic E-state index is 5.86. The molecule has 1 saturated heterocycles. The second-order valence-corrected chi connectivity index (χ2v) is 6.77. The average molecular weight is 259 g/mol. The first-order valence-electron chi connectivity index (χ1n) is 5.90. The fraction of sp³-hybridized carbons (Fsp3) is 0.750. The zero-order valence-electron chi connectivity index (χ0n) is 10.1. The first kappa shape index (κ1) is 12.3. The molecule has 1 aromatic rings. The smallest absolute Gasteiger partial charge is 0.183 e. The van der Waals surface area contributed by atoms with Gasteiger partial charge in [-0.15, -0.1) is 11.3 Å². The highest BCUT2D eigenvalue weighted by molar-refractivity contribution is 7.15. The molecule has 0 radical (unpaired) electrons. The highest BCUT2D eigenvalue weighted by atomic mass is 35.5. The molecule has 1 aliphatic heterocycles. The van der Waals surface area contributed by atoms with Crippen molar-refractivity contribution < 1.29 is 0 Å². The molecule has 2 heterocycles. The minimum atomic E-state index is 0.653. The second kappa shape index (κ2) is 5.03. The van der Waals surface area contributed by atoms with Crippen molar-refractivity contribution in [3.63, 3.8) is 0 Å². The van der Waals surface area contributed by atoms with Crippen LogP contribution in [0.5, 0.6) is 0 Å². The van der Waals surface area contributed by atoms with Gasteiger partial charge in [-0.05, 0) is 25.2 Å². The second-order valence-electron chi connectivity index (χ2n) is 5.07. The number of likely N-dealkylation sites (tertiary alicyclic amines) is 1. The molecule has 1 fully saturated rings. The van der Waals surface area contributed by atoms with E-state index in [1.807, 2.05) is 6.20 Å². The molecular formula is C12H19ClN2S. The van der Waals surface area contributed by atoms with E-state index in [4.69, 9.17) is 11.6 Å². The number of hydrogen-bond donors (Lipinski definition) is 0. The average Bonchev–Trinajstić information content (AvgIpc) is 2.60. The lowest BCUT2D eigenvalue weighted by atomic mass is 9.86. The Morgan fingerprint density at radius 3 is 2.88 bits per heavy atom. The van der Waals surface area contributed by atoms with Crippen molar-refractivity contribution in [3.05, 3.63) is 15.5 Å². The minimum absolute atomic E-state index is 0.653. The van der Waals surface area contributed by atoms with Crippen LogP contribution in [0.1, 0.15) is 32.1 Å². The molecule has 0 aromatic carbocycles. The highest BCUT2D eigenvalue weighted by Gasteiger charge is 2.28. The molecule has 0 aliphatic carbocycles. The number of piperidine rings is 1. The first-order chi connectivity index (χ1) is 7.56. The van der Waals surface area contributed by atoms with Crippen LogP contribution in [0.2, 0.25) is 4.47 Å². The van der Waals surface area contributed by atoms with E-state index in [0.717, 1.165) is 18.4 Å². The van der Waals surface area contributed by atoms with Gasteiger partial charge in [0.25, 0.3) is 0 Å². The number of thiazole rings is 1. The van der Waals surface area contributed by atoms with Gasteiger partial charge in [0.1, 0.15) is 0 Å². The van der Waals surface area contributed by atoms with Crippen LogP contribution in [-0.2, 0) is 6.54 Å². The Morgan fingerprint density at radius 2 is 2.25 bits per heavy atom. The highest BCUT2D eigenvalue weighted by Crippen LogP contribution is 2.29. The number of halogens is 1. The van der Waals surface area contributed by atoms with Gasteiger partial charge in [0, 0.05) is 30.2 Å². The predicted molar refractivity (Wildman–Crippen MR) is 69.9 cm³/mol. The molecule has 0 N–H and O–H groups in total. The van der Waals surface area contributed by atoms with Crippen LogP contribution in [0.15, 0.2) is 6.20 Å². The Balaban J connectivity index is 2.02. The fourth-order valence-electron chi connectivity index (χ4n) is 2.60. The monoisotopic (exact) mass is 258 g/mol. The summed E-state index contributed by atoms with van der Waals surface area (Å²) in [4.78, 5) is 7.94. The normalized spacial score (nSPS) is 31.9. The Bertz CT molecular complexity index is 353. The Hall–Kier alpha value is -0.120. The standard InChI is InChI=1S/C12H19ClN2S/c1-8-4-9(2)10(3)15(6-8)7-11-5-14-12(13)16-11/h5,8-10H,4,6-7H2,1-3H3. The summed E-state index contributed by atoms with van der Waals surface area (Å²) in [5.74, 6) is 1.58. The van der Waals surface area contributed by atoms with Gasteiger partial charge in [-0.2, -0.15) is 0 Å². The van der Waals surface area contributed by atoms with E-state index in [9.17, 15) is 0 Å². The Kier molecular flexibility index (Phi) is 3.88. The zero-order chi connectivity index (χ0) is 11.7. The van der Waals surface area contributed by atoms with Gasteiger partial charge < -0.3 is 0 Å². The molecule has 2 rings (SSSR count). The number of hydrogen-bond acceptors (Lipinski definition) is 3. The molecule has 4 heteroatoms. The number of aromatic nitrogens is 1.